The molecular formula is C11H14BrFN2O. The van der Waals surface area contributed by atoms with Gasteiger partial charge in [0.1, 0.15) is 5.82 Å². The molecule has 0 unspecified atom stereocenters. The van der Waals surface area contributed by atoms with Crippen molar-refractivity contribution in [2.45, 2.75) is 19.3 Å². The van der Waals surface area contributed by atoms with Gasteiger partial charge in [-0.3, -0.25) is 4.79 Å². The van der Waals surface area contributed by atoms with Crippen molar-refractivity contribution in [2.24, 2.45) is 5.73 Å². The molecule has 0 aliphatic heterocycles. The highest BCUT2D eigenvalue weighted by molar-refractivity contribution is 9.10. The van der Waals surface area contributed by atoms with Gasteiger partial charge in [-0.25, -0.2) is 4.39 Å². The number of nitrogens with one attached hydrogen (secondary N) is 1. The summed E-state index contributed by atoms with van der Waals surface area (Å²) in [5, 5.41) is 2.64. The first-order valence-corrected chi connectivity index (χ1v) is 5.87. The van der Waals surface area contributed by atoms with Crippen LogP contribution in [0.4, 0.5) is 10.1 Å². The Morgan fingerprint density at radius 3 is 2.88 bits per heavy atom. The summed E-state index contributed by atoms with van der Waals surface area (Å²) in [6.45, 7) is 0.580. The van der Waals surface area contributed by atoms with Crippen molar-refractivity contribution in [3.05, 3.63) is 28.5 Å². The molecule has 1 rings (SSSR count). The quantitative estimate of drug-likeness (QED) is 0.819. The van der Waals surface area contributed by atoms with E-state index in [0.29, 0.717) is 23.1 Å². The van der Waals surface area contributed by atoms with Gasteiger partial charge >= 0.3 is 0 Å². The fourth-order valence-corrected chi connectivity index (χ4v) is 1.58. The van der Waals surface area contributed by atoms with Crippen LogP contribution in [0.25, 0.3) is 0 Å². The number of benzene rings is 1. The van der Waals surface area contributed by atoms with Gasteiger partial charge in [0.2, 0.25) is 5.91 Å². The zero-order valence-corrected chi connectivity index (χ0v) is 10.4. The van der Waals surface area contributed by atoms with Gasteiger partial charge in [0.05, 0.1) is 5.69 Å². The maximum atomic E-state index is 12.9. The molecule has 0 aliphatic carbocycles. The number of unbranched alkanes of at least 4 members (excludes halogenated alkanes) is 1. The van der Waals surface area contributed by atoms with Crippen molar-refractivity contribution < 1.29 is 9.18 Å². The molecule has 0 saturated heterocycles. The maximum absolute atomic E-state index is 12.9. The summed E-state index contributed by atoms with van der Waals surface area (Å²) >= 11 is 3.24. The summed E-state index contributed by atoms with van der Waals surface area (Å²) in [5.41, 5.74) is 5.78. The van der Waals surface area contributed by atoms with Crippen LogP contribution >= 0.6 is 15.9 Å². The minimum absolute atomic E-state index is 0.125. The number of amides is 1. The number of hydrogen-bond donors (Lipinski definition) is 2. The molecule has 1 aromatic rings. The van der Waals surface area contributed by atoms with E-state index in [9.17, 15) is 9.18 Å². The standard InChI is InChI=1S/C11H14BrFN2O/c12-9-5-4-8(13)7-10(9)15-11(16)3-1-2-6-14/h4-5,7H,1-3,6,14H2,(H,15,16). The van der Waals surface area contributed by atoms with E-state index in [4.69, 9.17) is 5.73 Å². The number of nitrogens with two attached hydrogens (primary N) is 1. The SMILES string of the molecule is NCCCCC(=O)Nc1cc(F)ccc1Br. The molecule has 0 radical (unpaired) electrons. The van der Waals surface area contributed by atoms with E-state index >= 15 is 0 Å². The number of carbonyl (C=O) groups excluding carboxylic acids is 1. The molecule has 88 valence electrons. The Morgan fingerprint density at radius 2 is 2.19 bits per heavy atom. The third-order valence-corrected chi connectivity index (χ3v) is 2.75. The molecule has 0 fully saturated rings. The average molecular weight is 289 g/mol. The number of halogens is 2. The molecule has 3 N–H and O–H groups in total. The monoisotopic (exact) mass is 288 g/mol. The summed E-state index contributed by atoms with van der Waals surface area (Å²) < 4.78 is 13.6. The zero-order chi connectivity index (χ0) is 12.0. The lowest BCUT2D eigenvalue weighted by atomic mass is 10.2. The largest absolute Gasteiger partial charge is 0.330 e. The lowest BCUT2D eigenvalue weighted by Crippen LogP contribution is -2.12. The van der Waals surface area contributed by atoms with Gasteiger partial charge in [0.25, 0.3) is 0 Å². The zero-order valence-electron chi connectivity index (χ0n) is 8.80. The van der Waals surface area contributed by atoms with E-state index in [1.54, 1.807) is 6.07 Å². The molecule has 3 nitrogen and oxygen atoms in total. The first kappa shape index (κ1) is 13.1. The van der Waals surface area contributed by atoms with Crippen molar-refractivity contribution in [1.82, 2.24) is 0 Å². The maximum Gasteiger partial charge on any atom is 0.224 e. The molecule has 1 aromatic carbocycles. The molecule has 5 heteroatoms. The summed E-state index contributed by atoms with van der Waals surface area (Å²) in [7, 11) is 0. The Balaban J connectivity index is 2.52. The van der Waals surface area contributed by atoms with Crippen LogP contribution < -0.4 is 11.1 Å². The normalized spacial score (nSPS) is 10.2. The van der Waals surface area contributed by atoms with Crippen molar-refractivity contribution in [3.8, 4) is 0 Å². The first-order chi connectivity index (χ1) is 7.63. The lowest BCUT2D eigenvalue weighted by molar-refractivity contribution is -0.116. The minimum Gasteiger partial charge on any atom is -0.330 e. The number of carbonyl (C=O) groups is 1. The highest BCUT2D eigenvalue weighted by Gasteiger charge is 2.06. The third-order valence-electron chi connectivity index (χ3n) is 2.06. The topological polar surface area (TPSA) is 55.1 Å². The first-order valence-electron chi connectivity index (χ1n) is 5.08. The molecule has 1 amide bonds. The van der Waals surface area contributed by atoms with Crippen LogP contribution in [-0.2, 0) is 4.79 Å². The van der Waals surface area contributed by atoms with Crippen LogP contribution in [0.1, 0.15) is 19.3 Å². The minimum atomic E-state index is -0.375. The summed E-state index contributed by atoms with van der Waals surface area (Å²) in [4.78, 5) is 11.5. The summed E-state index contributed by atoms with van der Waals surface area (Å²) in [6.07, 6.45) is 1.97. The molecule has 0 heterocycles. The van der Waals surface area contributed by atoms with Crippen LogP contribution in [0.15, 0.2) is 22.7 Å². The van der Waals surface area contributed by atoms with Gasteiger partial charge in [-0.15, -0.1) is 0 Å². The number of rotatable bonds is 5. The second-order valence-electron chi connectivity index (χ2n) is 3.42. The highest BCUT2D eigenvalue weighted by Crippen LogP contribution is 2.23. The highest BCUT2D eigenvalue weighted by atomic mass is 79.9. The number of anilines is 1. The van der Waals surface area contributed by atoms with Gasteiger partial charge in [-0.1, -0.05) is 0 Å². The third kappa shape index (κ3) is 4.28. The van der Waals surface area contributed by atoms with Crippen molar-refractivity contribution >= 4 is 27.5 Å². The van der Waals surface area contributed by atoms with Crippen LogP contribution in [0, 0.1) is 5.82 Å². The molecule has 0 spiro atoms. The fraction of sp³-hybridized carbons (Fsp3) is 0.364. The summed E-state index contributed by atoms with van der Waals surface area (Å²) in [6, 6.07) is 4.17. The second kappa shape index (κ2) is 6.60. The van der Waals surface area contributed by atoms with Gasteiger partial charge in [-0.2, -0.15) is 0 Å². The smallest absolute Gasteiger partial charge is 0.224 e. The fourth-order valence-electron chi connectivity index (χ4n) is 1.24. The van der Waals surface area contributed by atoms with E-state index in [-0.39, 0.29) is 11.7 Å². The van der Waals surface area contributed by atoms with E-state index < -0.39 is 0 Å². The lowest BCUT2D eigenvalue weighted by Gasteiger charge is -2.07. The molecule has 16 heavy (non-hydrogen) atoms. The van der Waals surface area contributed by atoms with Gasteiger partial charge < -0.3 is 11.1 Å². The second-order valence-corrected chi connectivity index (χ2v) is 4.27. The van der Waals surface area contributed by atoms with E-state index in [1.165, 1.54) is 12.1 Å². The molecule has 0 aliphatic rings. The Hall–Kier alpha value is -0.940. The number of hydrogen-bond acceptors (Lipinski definition) is 2. The Bertz CT molecular complexity index is 371. The Kier molecular flexibility index (Phi) is 5.42. The Morgan fingerprint density at radius 1 is 1.44 bits per heavy atom. The van der Waals surface area contributed by atoms with Crippen molar-refractivity contribution in [3.63, 3.8) is 0 Å². The van der Waals surface area contributed by atoms with E-state index in [2.05, 4.69) is 21.2 Å². The van der Waals surface area contributed by atoms with Gasteiger partial charge in [0, 0.05) is 10.9 Å². The van der Waals surface area contributed by atoms with E-state index in [1.807, 2.05) is 0 Å². The van der Waals surface area contributed by atoms with Crippen molar-refractivity contribution in [2.75, 3.05) is 11.9 Å². The summed E-state index contributed by atoms with van der Waals surface area (Å²) in [5.74, 6) is -0.500. The molecular weight excluding hydrogens is 275 g/mol. The van der Waals surface area contributed by atoms with Crippen LogP contribution in [-0.4, -0.2) is 12.5 Å². The predicted molar refractivity (Wildman–Crippen MR) is 65.6 cm³/mol. The van der Waals surface area contributed by atoms with E-state index in [0.717, 1.165) is 12.8 Å². The van der Waals surface area contributed by atoms with Crippen molar-refractivity contribution in [1.29, 1.82) is 0 Å². The molecule has 0 aromatic heterocycles. The van der Waals surface area contributed by atoms with Crippen LogP contribution in [0.2, 0.25) is 0 Å². The van der Waals surface area contributed by atoms with Gasteiger partial charge in [-0.05, 0) is 53.5 Å². The molecule has 0 saturated carbocycles. The molecule has 0 atom stereocenters. The Labute approximate surface area is 102 Å². The van der Waals surface area contributed by atoms with Crippen LogP contribution in [0.3, 0.4) is 0 Å². The van der Waals surface area contributed by atoms with Crippen LogP contribution in [0.5, 0.6) is 0 Å². The molecule has 0 bridgehead atoms. The average Bonchev–Trinajstić information content (AvgIpc) is 2.24. The predicted octanol–water partition coefficient (Wildman–Crippen LogP) is 2.66. The van der Waals surface area contributed by atoms with Gasteiger partial charge in [0.15, 0.2) is 0 Å².